The largest absolute Gasteiger partial charge is 0.478 e. The third-order valence-corrected chi connectivity index (χ3v) is 3.71. The van der Waals surface area contributed by atoms with Crippen LogP contribution in [0.4, 0.5) is 0 Å². The second-order valence-corrected chi connectivity index (χ2v) is 6.25. The Morgan fingerprint density at radius 1 is 0.792 bits per heavy atom. The van der Waals surface area contributed by atoms with Gasteiger partial charge in [0.15, 0.2) is 0 Å². The van der Waals surface area contributed by atoms with Crippen LogP contribution in [0.25, 0.3) is 0 Å². The third-order valence-electron chi connectivity index (χ3n) is 3.71. The van der Waals surface area contributed by atoms with Crippen LogP contribution in [0.2, 0.25) is 0 Å². The molecule has 0 saturated heterocycles. The molecule has 0 bridgehead atoms. The van der Waals surface area contributed by atoms with E-state index in [1.807, 2.05) is 6.08 Å². The molecule has 0 unspecified atom stereocenters. The van der Waals surface area contributed by atoms with E-state index in [0.29, 0.717) is 5.57 Å². The summed E-state index contributed by atoms with van der Waals surface area (Å²) in [6.45, 7) is 8.52. The van der Waals surface area contributed by atoms with Crippen LogP contribution in [-0.4, -0.2) is 22.2 Å². The Hall–Kier alpha value is -1.58. The first kappa shape index (κ1) is 24.7. The zero-order valence-corrected chi connectivity index (χ0v) is 15.8. The number of carbonyl (C=O) groups is 2. The maximum Gasteiger partial charge on any atom is 0.330 e. The fourth-order valence-corrected chi connectivity index (χ4v) is 2.04. The molecule has 4 nitrogen and oxygen atoms in total. The summed E-state index contributed by atoms with van der Waals surface area (Å²) in [5, 5.41) is 16.6. The normalized spacial score (nSPS) is 10.7. The summed E-state index contributed by atoms with van der Waals surface area (Å²) >= 11 is 0. The Labute approximate surface area is 147 Å². The molecule has 140 valence electrons. The van der Waals surface area contributed by atoms with Gasteiger partial charge in [-0.05, 0) is 26.7 Å². The zero-order valence-electron chi connectivity index (χ0n) is 15.8. The van der Waals surface area contributed by atoms with E-state index in [0.717, 1.165) is 12.8 Å². The molecule has 0 aliphatic heterocycles. The number of aliphatic carboxylic acids is 2. The van der Waals surface area contributed by atoms with Crippen LogP contribution in [0.15, 0.2) is 23.8 Å². The molecule has 0 spiro atoms. The first-order valence-electron chi connectivity index (χ1n) is 9.11. The van der Waals surface area contributed by atoms with Gasteiger partial charge in [0.05, 0.1) is 0 Å². The van der Waals surface area contributed by atoms with Crippen LogP contribution in [-0.2, 0) is 9.59 Å². The molecule has 0 aromatic heterocycles. The summed E-state index contributed by atoms with van der Waals surface area (Å²) < 4.78 is 0. The number of hydrogen-bond acceptors (Lipinski definition) is 2. The molecule has 0 atom stereocenters. The van der Waals surface area contributed by atoms with Gasteiger partial charge >= 0.3 is 11.9 Å². The number of carboxylic acid groups (broad SMARTS) is 2. The van der Waals surface area contributed by atoms with Gasteiger partial charge in [0, 0.05) is 11.1 Å². The standard InChI is InChI=1S/C16H30O2.C4H6O2/c1-3-4-5-6-7-8-9-10-11-12-13-14-15(2)16(17)18;1-3(2)4(5)6/h14H,3-13H2,1-2H3,(H,17,18);1H2,2H3,(H,5,6)/b15-14+;. The Bertz CT molecular complexity index is 371. The lowest BCUT2D eigenvalue weighted by molar-refractivity contribution is -0.133. The molecule has 0 aliphatic carbocycles. The van der Waals surface area contributed by atoms with Gasteiger partial charge in [-0.3, -0.25) is 0 Å². The first-order valence-corrected chi connectivity index (χ1v) is 9.11. The number of carboxylic acids is 2. The van der Waals surface area contributed by atoms with Crippen molar-refractivity contribution in [3.63, 3.8) is 0 Å². The lowest BCUT2D eigenvalue weighted by Gasteiger charge is -2.01. The second-order valence-electron chi connectivity index (χ2n) is 6.25. The minimum Gasteiger partial charge on any atom is -0.478 e. The molecule has 4 heteroatoms. The molecule has 0 radical (unpaired) electrons. The van der Waals surface area contributed by atoms with Gasteiger partial charge in [-0.15, -0.1) is 0 Å². The quantitative estimate of drug-likeness (QED) is 0.320. The predicted octanol–water partition coefficient (Wildman–Crippen LogP) is 5.98. The van der Waals surface area contributed by atoms with E-state index in [9.17, 15) is 9.59 Å². The number of allylic oxidation sites excluding steroid dienone is 1. The summed E-state index contributed by atoms with van der Waals surface area (Å²) in [5.41, 5.74) is 0.654. The highest BCUT2D eigenvalue weighted by molar-refractivity contribution is 5.85. The van der Waals surface area contributed by atoms with E-state index in [4.69, 9.17) is 10.2 Å². The highest BCUT2D eigenvalue weighted by atomic mass is 16.4. The summed E-state index contributed by atoms with van der Waals surface area (Å²) in [4.78, 5) is 20.1. The smallest absolute Gasteiger partial charge is 0.330 e. The lowest BCUT2D eigenvalue weighted by Crippen LogP contribution is -1.95. The van der Waals surface area contributed by atoms with Crippen molar-refractivity contribution in [1.29, 1.82) is 0 Å². The monoisotopic (exact) mass is 340 g/mol. The van der Waals surface area contributed by atoms with E-state index < -0.39 is 11.9 Å². The van der Waals surface area contributed by atoms with Crippen molar-refractivity contribution in [1.82, 2.24) is 0 Å². The molecule has 0 fully saturated rings. The highest BCUT2D eigenvalue weighted by Gasteiger charge is 1.97. The Morgan fingerprint density at radius 3 is 1.50 bits per heavy atom. The molecule has 0 amide bonds. The van der Waals surface area contributed by atoms with Crippen molar-refractivity contribution in [2.24, 2.45) is 0 Å². The van der Waals surface area contributed by atoms with Crippen molar-refractivity contribution in [2.45, 2.75) is 91.4 Å². The van der Waals surface area contributed by atoms with Crippen molar-refractivity contribution < 1.29 is 19.8 Å². The van der Waals surface area contributed by atoms with Gasteiger partial charge < -0.3 is 10.2 Å². The third kappa shape index (κ3) is 20.4. The molecule has 0 rings (SSSR count). The summed E-state index contributed by atoms with van der Waals surface area (Å²) in [6, 6.07) is 0. The number of unbranched alkanes of at least 4 members (excludes halogenated alkanes) is 10. The predicted molar refractivity (Wildman–Crippen MR) is 100 cm³/mol. The zero-order chi connectivity index (χ0) is 18.8. The number of rotatable bonds is 13. The topological polar surface area (TPSA) is 74.6 Å². The summed E-state index contributed by atoms with van der Waals surface area (Å²) in [5.74, 6) is -1.72. The van der Waals surface area contributed by atoms with Crippen LogP contribution < -0.4 is 0 Å². The fourth-order valence-electron chi connectivity index (χ4n) is 2.04. The average Bonchev–Trinajstić information content (AvgIpc) is 2.52. The molecular formula is C20H36O4. The van der Waals surface area contributed by atoms with E-state index in [1.54, 1.807) is 6.92 Å². The second kappa shape index (κ2) is 17.8. The van der Waals surface area contributed by atoms with Crippen LogP contribution in [0.5, 0.6) is 0 Å². The van der Waals surface area contributed by atoms with Gasteiger partial charge in [-0.25, -0.2) is 9.59 Å². The maximum absolute atomic E-state index is 10.5. The number of hydrogen-bond donors (Lipinski definition) is 2. The van der Waals surface area contributed by atoms with Crippen LogP contribution in [0, 0.1) is 0 Å². The van der Waals surface area contributed by atoms with Crippen LogP contribution in [0.3, 0.4) is 0 Å². The molecule has 2 N–H and O–H groups in total. The molecule has 0 aliphatic rings. The molecule has 24 heavy (non-hydrogen) atoms. The maximum atomic E-state index is 10.5. The highest BCUT2D eigenvalue weighted by Crippen LogP contribution is 2.11. The molecular weight excluding hydrogens is 304 g/mol. The van der Waals surface area contributed by atoms with E-state index in [-0.39, 0.29) is 5.57 Å². The van der Waals surface area contributed by atoms with Gasteiger partial charge in [-0.1, -0.05) is 77.4 Å². The molecule has 0 saturated carbocycles. The van der Waals surface area contributed by atoms with Gasteiger partial charge in [0.2, 0.25) is 0 Å². The van der Waals surface area contributed by atoms with Gasteiger partial charge in [-0.2, -0.15) is 0 Å². The van der Waals surface area contributed by atoms with Gasteiger partial charge in [0.1, 0.15) is 0 Å². The van der Waals surface area contributed by atoms with Crippen molar-refractivity contribution in [2.75, 3.05) is 0 Å². The fraction of sp³-hybridized carbons (Fsp3) is 0.700. The Balaban J connectivity index is 0. The summed E-state index contributed by atoms with van der Waals surface area (Å²) in [6.07, 6.45) is 16.0. The average molecular weight is 341 g/mol. The SMILES string of the molecule is C=C(C)C(=O)O.CCCCCCCCCCCC/C=C(\C)C(=O)O. The molecule has 0 aromatic carbocycles. The summed E-state index contributed by atoms with van der Waals surface area (Å²) in [7, 11) is 0. The first-order chi connectivity index (χ1) is 11.3. The van der Waals surface area contributed by atoms with Crippen molar-refractivity contribution in [3.05, 3.63) is 23.8 Å². The minimum absolute atomic E-state index is 0.176. The van der Waals surface area contributed by atoms with Crippen LogP contribution >= 0.6 is 0 Å². The van der Waals surface area contributed by atoms with E-state index in [1.165, 1.54) is 64.7 Å². The molecule has 0 aromatic rings. The van der Waals surface area contributed by atoms with E-state index in [2.05, 4.69) is 13.5 Å². The van der Waals surface area contributed by atoms with Gasteiger partial charge in [0.25, 0.3) is 0 Å². The van der Waals surface area contributed by atoms with Crippen molar-refractivity contribution in [3.8, 4) is 0 Å². The van der Waals surface area contributed by atoms with Crippen LogP contribution in [0.1, 0.15) is 91.4 Å². The minimum atomic E-state index is -0.935. The van der Waals surface area contributed by atoms with Crippen molar-refractivity contribution >= 4 is 11.9 Å². The Morgan fingerprint density at radius 2 is 1.17 bits per heavy atom. The lowest BCUT2D eigenvalue weighted by atomic mass is 10.1. The Kier molecular flexibility index (Phi) is 18.3. The van der Waals surface area contributed by atoms with E-state index >= 15 is 0 Å². The molecule has 0 heterocycles.